The van der Waals surface area contributed by atoms with Gasteiger partial charge in [-0.3, -0.25) is 4.90 Å². The molecule has 0 fully saturated rings. The number of nitrogens with zero attached hydrogens (tertiary/aromatic N) is 2. The van der Waals surface area contributed by atoms with E-state index in [-0.39, 0.29) is 12.0 Å². The van der Waals surface area contributed by atoms with Gasteiger partial charge < -0.3 is 21.8 Å². The van der Waals surface area contributed by atoms with Crippen LogP contribution in [0.3, 0.4) is 0 Å². The predicted octanol–water partition coefficient (Wildman–Crippen LogP) is 1.80. The molecule has 2 rings (SSSR count). The van der Waals surface area contributed by atoms with Crippen molar-refractivity contribution in [2.75, 3.05) is 38.6 Å². The minimum absolute atomic E-state index is 0.133. The van der Waals surface area contributed by atoms with Crippen LogP contribution in [0.1, 0.15) is 12.5 Å². The van der Waals surface area contributed by atoms with Crippen LogP contribution in [0.15, 0.2) is 48.2 Å². The van der Waals surface area contributed by atoms with Crippen molar-refractivity contribution in [3.63, 3.8) is 0 Å². The van der Waals surface area contributed by atoms with E-state index < -0.39 is 0 Å². The van der Waals surface area contributed by atoms with Crippen molar-refractivity contribution in [3.8, 4) is 0 Å². The molecular formula is C19H29N5. The molecule has 1 aliphatic heterocycles. The van der Waals surface area contributed by atoms with E-state index in [9.17, 15) is 0 Å². The zero-order valence-corrected chi connectivity index (χ0v) is 14.9. The van der Waals surface area contributed by atoms with Gasteiger partial charge in [0.15, 0.2) is 0 Å². The van der Waals surface area contributed by atoms with E-state index in [2.05, 4.69) is 24.0 Å². The van der Waals surface area contributed by atoms with Gasteiger partial charge in [-0.05, 0) is 30.3 Å². The lowest BCUT2D eigenvalue weighted by Gasteiger charge is -2.34. The Morgan fingerprint density at radius 1 is 1.29 bits per heavy atom. The Balaban J connectivity index is 2.11. The Morgan fingerprint density at radius 3 is 2.50 bits per heavy atom. The van der Waals surface area contributed by atoms with Crippen molar-refractivity contribution in [2.45, 2.75) is 13.0 Å². The highest BCUT2D eigenvalue weighted by Gasteiger charge is 2.23. The van der Waals surface area contributed by atoms with Gasteiger partial charge in [-0.2, -0.15) is 0 Å². The van der Waals surface area contributed by atoms with Crippen molar-refractivity contribution in [3.05, 3.63) is 53.8 Å². The third-order valence-corrected chi connectivity index (χ3v) is 4.55. The molecule has 5 heteroatoms. The molecule has 0 spiro atoms. The molecule has 2 atom stereocenters. The molecule has 0 amide bonds. The summed E-state index contributed by atoms with van der Waals surface area (Å²) >= 11 is 0. The first-order chi connectivity index (χ1) is 11.5. The van der Waals surface area contributed by atoms with E-state index in [0.717, 1.165) is 30.0 Å². The molecular weight excluding hydrogens is 298 g/mol. The molecule has 1 aromatic rings. The van der Waals surface area contributed by atoms with E-state index >= 15 is 0 Å². The lowest BCUT2D eigenvalue weighted by atomic mass is 9.96. The minimum Gasteiger partial charge on any atom is -0.401 e. The summed E-state index contributed by atoms with van der Waals surface area (Å²) in [7, 11) is 4.00. The summed E-state index contributed by atoms with van der Waals surface area (Å²) in [6.07, 6.45) is 6.03. The Kier molecular flexibility index (Phi) is 6.17. The Hall–Kier alpha value is -2.11. The quantitative estimate of drug-likeness (QED) is 0.549. The molecule has 0 aromatic heterocycles. The summed E-state index contributed by atoms with van der Waals surface area (Å²) in [5, 5.41) is 8.30. The number of nitrogens with one attached hydrogen (secondary N) is 1. The summed E-state index contributed by atoms with van der Waals surface area (Å²) in [5.41, 5.74) is 15.2. The van der Waals surface area contributed by atoms with Gasteiger partial charge in [0.25, 0.3) is 0 Å². The van der Waals surface area contributed by atoms with Crippen molar-refractivity contribution in [1.29, 1.82) is 5.41 Å². The molecule has 1 aromatic carbocycles. The second-order valence-electron chi connectivity index (χ2n) is 6.38. The van der Waals surface area contributed by atoms with Crippen LogP contribution in [0, 0.1) is 11.3 Å². The van der Waals surface area contributed by atoms with Gasteiger partial charge in [0, 0.05) is 50.5 Å². The van der Waals surface area contributed by atoms with Crippen LogP contribution in [-0.4, -0.2) is 50.4 Å². The molecule has 0 saturated heterocycles. The second-order valence-corrected chi connectivity index (χ2v) is 6.38. The van der Waals surface area contributed by atoms with E-state index in [1.807, 2.05) is 43.3 Å². The maximum atomic E-state index is 8.30. The van der Waals surface area contributed by atoms with Gasteiger partial charge in [-0.15, -0.1) is 0 Å². The van der Waals surface area contributed by atoms with Crippen molar-refractivity contribution < 1.29 is 0 Å². The van der Waals surface area contributed by atoms with E-state index in [0.29, 0.717) is 12.3 Å². The normalized spacial score (nSPS) is 21.8. The van der Waals surface area contributed by atoms with Crippen molar-refractivity contribution >= 4 is 11.4 Å². The SMILES string of the molecule is CCN1CC(/C(N)=C/C(=N)c2ccc(N(C)C)cc2)C=C[C@@H]1CN. The zero-order valence-electron chi connectivity index (χ0n) is 14.9. The largest absolute Gasteiger partial charge is 0.401 e. The summed E-state index contributed by atoms with van der Waals surface area (Å²) in [6.45, 7) is 4.55. The van der Waals surface area contributed by atoms with Crippen LogP contribution in [0.25, 0.3) is 0 Å². The number of hydrogen-bond acceptors (Lipinski definition) is 5. The molecule has 1 heterocycles. The molecule has 1 unspecified atom stereocenters. The third kappa shape index (κ3) is 4.24. The van der Waals surface area contributed by atoms with Gasteiger partial charge in [-0.25, -0.2) is 0 Å². The third-order valence-electron chi connectivity index (χ3n) is 4.55. The first-order valence-corrected chi connectivity index (χ1v) is 8.42. The van der Waals surface area contributed by atoms with Crippen molar-refractivity contribution in [2.24, 2.45) is 17.4 Å². The monoisotopic (exact) mass is 327 g/mol. The number of nitrogens with two attached hydrogens (primary N) is 2. The molecule has 130 valence electrons. The molecule has 1 aliphatic rings. The lowest BCUT2D eigenvalue weighted by molar-refractivity contribution is 0.217. The van der Waals surface area contributed by atoms with Gasteiger partial charge >= 0.3 is 0 Å². The van der Waals surface area contributed by atoms with Crippen LogP contribution in [-0.2, 0) is 0 Å². The Morgan fingerprint density at radius 2 is 1.96 bits per heavy atom. The predicted molar refractivity (Wildman–Crippen MR) is 103 cm³/mol. The van der Waals surface area contributed by atoms with Crippen molar-refractivity contribution in [1.82, 2.24) is 4.90 Å². The number of anilines is 1. The lowest BCUT2D eigenvalue weighted by Crippen LogP contribution is -2.45. The fourth-order valence-corrected chi connectivity index (χ4v) is 2.94. The summed E-state index contributed by atoms with van der Waals surface area (Å²) in [4.78, 5) is 4.36. The molecule has 0 radical (unpaired) electrons. The molecule has 0 aliphatic carbocycles. The van der Waals surface area contributed by atoms with Crippen LogP contribution in [0.4, 0.5) is 5.69 Å². The topological polar surface area (TPSA) is 82.4 Å². The first-order valence-electron chi connectivity index (χ1n) is 8.42. The molecule has 24 heavy (non-hydrogen) atoms. The fraction of sp³-hybridized carbons (Fsp3) is 0.421. The van der Waals surface area contributed by atoms with Gasteiger partial charge in [0.05, 0.1) is 5.71 Å². The highest BCUT2D eigenvalue weighted by atomic mass is 15.2. The molecule has 0 saturated carbocycles. The summed E-state index contributed by atoms with van der Waals surface area (Å²) in [6, 6.07) is 8.23. The maximum absolute atomic E-state index is 8.30. The Bertz CT molecular complexity index is 615. The summed E-state index contributed by atoms with van der Waals surface area (Å²) < 4.78 is 0. The maximum Gasteiger partial charge on any atom is 0.0629 e. The highest BCUT2D eigenvalue weighted by Crippen LogP contribution is 2.19. The van der Waals surface area contributed by atoms with Gasteiger partial charge in [0.1, 0.15) is 0 Å². The van der Waals surface area contributed by atoms with E-state index in [1.165, 1.54) is 0 Å². The average molecular weight is 327 g/mol. The fourth-order valence-electron chi connectivity index (χ4n) is 2.94. The number of allylic oxidation sites excluding steroid dienone is 1. The molecule has 0 bridgehead atoms. The highest BCUT2D eigenvalue weighted by molar-refractivity contribution is 6.07. The van der Waals surface area contributed by atoms with E-state index in [1.54, 1.807) is 6.08 Å². The number of hydrogen-bond donors (Lipinski definition) is 3. The zero-order chi connectivity index (χ0) is 17.7. The van der Waals surface area contributed by atoms with Crippen LogP contribution >= 0.6 is 0 Å². The number of likely N-dealkylation sites (N-methyl/N-ethyl adjacent to an activating group) is 1. The van der Waals surface area contributed by atoms with E-state index in [4.69, 9.17) is 16.9 Å². The van der Waals surface area contributed by atoms with Crippen LogP contribution in [0.5, 0.6) is 0 Å². The average Bonchev–Trinajstić information content (AvgIpc) is 2.60. The second kappa shape index (κ2) is 8.13. The smallest absolute Gasteiger partial charge is 0.0629 e. The van der Waals surface area contributed by atoms with Gasteiger partial charge in [-0.1, -0.05) is 31.2 Å². The number of rotatable bonds is 6. The summed E-state index contributed by atoms with van der Waals surface area (Å²) in [5.74, 6) is 0.133. The Labute approximate surface area is 145 Å². The standard InChI is InChI=1S/C19H29N5/c1-4-24-13-15(7-10-17(24)12-20)19(22)11-18(21)14-5-8-16(9-6-14)23(2)3/h5-11,15,17,21H,4,12-13,20,22H2,1-3H3/b19-11-,21-18?/t15?,17-/m1/s1. The molecule has 5 nitrogen and oxygen atoms in total. The first kappa shape index (κ1) is 18.2. The van der Waals surface area contributed by atoms with Crippen LogP contribution < -0.4 is 16.4 Å². The van der Waals surface area contributed by atoms with Gasteiger partial charge in [0.2, 0.25) is 0 Å². The molecule has 5 N–H and O–H groups in total. The number of benzene rings is 1. The van der Waals surface area contributed by atoms with Crippen LogP contribution in [0.2, 0.25) is 0 Å². The minimum atomic E-state index is 0.133.